The maximum absolute atomic E-state index is 11.9. The van der Waals surface area contributed by atoms with Crippen LogP contribution in [0.4, 0.5) is 0 Å². The molecule has 0 spiro atoms. The molecular formula is C13H16BrNO5S. The van der Waals surface area contributed by atoms with Crippen LogP contribution in [-0.4, -0.2) is 37.2 Å². The van der Waals surface area contributed by atoms with Crippen molar-refractivity contribution in [1.82, 2.24) is 5.32 Å². The summed E-state index contributed by atoms with van der Waals surface area (Å²) in [6, 6.07) is 6.20. The molecule has 1 atom stereocenters. The van der Waals surface area contributed by atoms with Gasteiger partial charge in [0.15, 0.2) is 9.84 Å². The fourth-order valence-electron chi connectivity index (χ4n) is 1.76. The van der Waals surface area contributed by atoms with E-state index in [-0.39, 0.29) is 12.2 Å². The van der Waals surface area contributed by atoms with Gasteiger partial charge in [0, 0.05) is 10.5 Å². The first kappa shape index (κ1) is 17.6. The monoisotopic (exact) mass is 377 g/mol. The molecule has 2 N–H and O–H groups in total. The quantitative estimate of drug-likeness (QED) is 0.746. The minimum atomic E-state index is -3.61. The lowest BCUT2D eigenvalue weighted by atomic mass is 10.2. The van der Waals surface area contributed by atoms with Gasteiger partial charge in [-0.1, -0.05) is 28.1 Å². The molecule has 0 aromatic heterocycles. The standard InChI is InChI=1S/C13H16BrNO5S/c1-9(5-13(17)18)15-12(16)8-21(19,20)7-10-3-2-4-11(14)6-10/h2-4,6,9H,5,7-8H2,1H3,(H,15,16)(H,17,18). The van der Waals surface area contributed by atoms with Crippen molar-refractivity contribution in [3.05, 3.63) is 34.3 Å². The highest BCUT2D eigenvalue weighted by molar-refractivity contribution is 9.10. The molecule has 0 aliphatic rings. The van der Waals surface area contributed by atoms with E-state index in [4.69, 9.17) is 5.11 Å². The molecule has 0 aliphatic heterocycles. The summed E-state index contributed by atoms with van der Waals surface area (Å²) < 4.78 is 24.6. The highest BCUT2D eigenvalue weighted by atomic mass is 79.9. The largest absolute Gasteiger partial charge is 0.481 e. The lowest BCUT2D eigenvalue weighted by Crippen LogP contribution is -2.38. The summed E-state index contributed by atoms with van der Waals surface area (Å²) in [4.78, 5) is 22.1. The Bertz CT molecular complexity index is 629. The lowest BCUT2D eigenvalue weighted by Gasteiger charge is -2.11. The number of sulfone groups is 1. The van der Waals surface area contributed by atoms with Gasteiger partial charge in [0.25, 0.3) is 0 Å². The van der Waals surface area contributed by atoms with E-state index in [2.05, 4.69) is 21.2 Å². The lowest BCUT2D eigenvalue weighted by molar-refractivity contribution is -0.137. The summed E-state index contributed by atoms with van der Waals surface area (Å²) in [5.74, 6) is -2.66. The van der Waals surface area contributed by atoms with Gasteiger partial charge in [-0.05, 0) is 24.6 Å². The van der Waals surface area contributed by atoms with Crippen LogP contribution in [0.1, 0.15) is 18.9 Å². The Balaban J connectivity index is 2.60. The topological polar surface area (TPSA) is 101 Å². The smallest absolute Gasteiger partial charge is 0.305 e. The van der Waals surface area contributed by atoms with Crippen LogP contribution in [0.2, 0.25) is 0 Å². The van der Waals surface area contributed by atoms with Crippen LogP contribution in [0, 0.1) is 0 Å². The van der Waals surface area contributed by atoms with E-state index in [9.17, 15) is 18.0 Å². The van der Waals surface area contributed by atoms with Crippen molar-refractivity contribution in [2.75, 3.05) is 5.75 Å². The number of carboxylic acid groups (broad SMARTS) is 1. The third-order valence-corrected chi connectivity index (χ3v) is 4.48. The molecule has 0 heterocycles. The van der Waals surface area contributed by atoms with Crippen molar-refractivity contribution in [3.8, 4) is 0 Å². The van der Waals surface area contributed by atoms with E-state index in [0.29, 0.717) is 5.56 Å². The summed E-state index contributed by atoms with van der Waals surface area (Å²) >= 11 is 3.25. The Morgan fingerprint density at radius 1 is 1.38 bits per heavy atom. The van der Waals surface area contributed by atoms with Crippen LogP contribution >= 0.6 is 15.9 Å². The van der Waals surface area contributed by atoms with Gasteiger partial charge in [0.2, 0.25) is 5.91 Å². The van der Waals surface area contributed by atoms with Gasteiger partial charge >= 0.3 is 5.97 Å². The normalized spacial score (nSPS) is 12.7. The summed E-state index contributed by atoms with van der Waals surface area (Å²) in [5, 5.41) is 10.9. The molecule has 0 saturated carbocycles. The molecule has 8 heteroatoms. The Labute approximate surface area is 131 Å². The number of aliphatic carboxylic acids is 1. The van der Waals surface area contributed by atoms with E-state index in [0.717, 1.165) is 4.47 Å². The fraction of sp³-hybridized carbons (Fsp3) is 0.385. The molecule has 1 unspecified atom stereocenters. The van der Waals surface area contributed by atoms with Crippen molar-refractivity contribution in [2.24, 2.45) is 0 Å². The van der Waals surface area contributed by atoms with E-state index in [1.165, 1.54) is 6.92 Å². The Kier molecular flexibility index (Phi) is 6.35. The van der Waals surface area contributed by atoms with Crippen LogP contribution in [0.25, 0.3) is 0 Å². The highest BCUT2D eigenvalue weighted by Gasteiger charge is 2.19. The minimum Gasteiger partial charge on any atom is -0.481 e. The molecule has 1 rings (SSSR count). The molecule has 0 fully saturated rings. The molecule has 1 amide bonds. The first-order valence-electron chi connectivity index (χ1n) is 6.14. The number of halogens is 1. The van der Waals surface area contributed by atoms with Gasteiger partial charge in [-0.3, -0.25) is 9.59 Å². The number of carbonyl (C=O) groups excluding carboxylic acids is 1. The number of rotatable bonds is 7. The number of hydrogen-bond acceptors (Lipinski definition) is 4. The van der Waals surface area contributed by atoms with Crippen LogP contribution < -0.4 is 5.32 Å². The van der Waals surface area contributed by atoms with Crippen LogP contribution in [0.15, 0.2) is 28.7 Å². The van der Waals surface area contributed by atoms with Crippen LogP contribution in [0.5, 0.6) is 0 Å². The van der Waals surface area contributed by atoms with Gasteiger partial charge in [-0.2, -0.15) is 0 Å². The summed E-state index contributed by atoms with van der Waals surface area (Å²) in [5.41, 5.74) is 0.579. The average Bonchev–Trinajstić information content (AvgIpc) is 2.24. The van der Waals surface area contributed by atoms with Gasteiger partial charge in [0.05, 0.1) is 12.2 Å². The maximum Gasteiger partial charge on any atom is 0.305 e. The maximum atomic E-state index is 11.9. The second-order valence-corrected chi connectivity index (χ2v) is 7.71. The first-order chi connectivity index (χ1) is 9.68. The van der Waals surface area contributed by atoms with Crippen molar-refractivity contribution in [2.45, 2.75) is 25.1 Å². The summed E-state index contributed by atoms with van der Waals surface area (Å²) in [6.45, 7) is 1.51. The summed E-state index contributed by atoms with van der Waals surface area (Å²) in [6.07, 6.45) is -0.253. The molecular weight excluding hydrogens is 362 g/mol. The molecule has 1 aromatic carbocycles. The fourth-order valence-corrected chi connectivity index (χ4v) is 3.48. The summed E-state index contributed by atoms with van der Waals surface area (Å²) in [7, 11) is -3.61. The zero-order chi connectivity index (χ0) is 16.0. The second kappa shape index (κ2) is 7.56. The predicted molar refractivity (Wildman–Crippen MR) is 81.5 cm³/mol. The van der Waals surface area contributed by atoms with E-state index in [1.807, 2.05) is 0 Å². The molecule has 0 radical (unpaired) electrons. The number of hydrogen-bond donors (Lipinski definition) is 2. The first-order valence-corrected chi connectivity index (χ1v) is 8.75. The molecule has 21 heavy (non-hydrogen) atoms. The second-order valence-electron chi connectivity index (χ2n) is 4.73. The zero-order valence-electron chi connectivity index (χ0n) is 11.4. The molecule has 1 aromatic rings. The molecule has 0 aliphatic carbocycles. The van der Waals surface area contributed by atoms with Gasteiger partial charge in [-0.15, -0.1) is 0 Å². The number of carbonyl (C=O) groups is 2. The van der Waals surface area contributed by atoms with Crippen molar-refractivity contribution < 1.29 is 23.1 Å². The van der Waals surface area contributed by atoms with Crippen LogP contribution in [0.3, 0.4) is 0 Å². The third kappa shape index (κ3) is 7.24. The van der Waals surface area contributed by atoms with Crippen molar-refractivity contribution in [1.29, 1.82) is 0 Å². The van der Waals surface area contributed by atoms with Crippen LogP contribution in [-0.2, 0) is 25.2 Å². The zero-order valence-corrected chi connectivity index (χ0v) is 13.8. The van der Waals surface area contributed by atoms with E-state index in [1.54, 1.807) is 24.3 Å². The molecule has 0 bridgehead atoms. The Hall–Kier alpha value is -1.41. The number of carboxylic acids is 1. The average molecular weight is 378 g/mol. The Morgan fingerprint density at radius 2 is 2.05 bits per heavy atom. The van der Waals surface area contributed by atoms with Gasteiger partial charge in [-0.25, -0.2) is 8.42 Å². The number of benzene rings is 1. The molecule has 0 saturated heterocycles. The highest BCUT2D eigenvalue weighted by Crippen LogP contribution is 2.14. The Morgan fingerprint density at radius 3 is 2.62 bits per heavy atom. The SMILES string of the molecule is CC(CC(=O)O)NC(=O)CS(=O)(=O)Cc1cccc(Br)c1. The van der Waals surface area contributed by atoms with E-state index < -0.39 is 33.5 Å². The minimum absolute atomic E-state index is 0.243. The van der Waals surface area contributed by atoms with Crippen molar-refractivity contribution in [3.63, 3.8) is 0 Å². The predicted octanol–water partition coefficient (Wildman–Crippen LogP) is 1.34. The number of amides is 1. The molecule has 116 valence electrons. The van der Waals surface area contributed by atoms with Gasteiger partial charge in [0.1, 0.15) is 5.75 Å². The third-order valence-electron chi connectivity index (χ3n) is 2.51. The van der Waals surface area contributed by atoms with Gasteiger partial charge < -0.3 is 10.4 Å². The van der Waals surface area contributed by atoms with Crippen molar-refractivity contribution >= 4 is 37.6 Å². The number of nitrogens with one attached hydrogen (secondary N) is 1. The van der Waals surface area contributed by atoms with E-state index >= 15 is 0 Å². The molecule has 6 nitrogen and oxygen atoms in total.